The van der Waals surface area contributed by atoms with Crippen molar-refractivity contribution >= 4 is 12.4 Å². The summed E-state index contributed by atoms with van der Waals surface area (Å²) in [5, 5.41) is 0. The third kappa shape index (κ3) is 4.06. The predicted molar refractivity (Wildman–Crippen MR) is 90.6 cm³/mol. The van der Waals surface area contributed by atoms with E-state index in [-0.39, 0.29) is 0 Å². The molecule has 2 heterocycles. The average Bonchev–Trinajstić information content (AvgIpc) is 3.21. The molecule has 0 aliphatic heterocycles. The monoisotopic (exact) mass is 290 g/mol. The summed E-state index contributed by atoms with van der Waals surface area (Å²) in [6, 6.07) is 16.3. The van der Waals surface area contributed by atoms with E-state index in [9.17, 15) is 0 Å². The van der Waals surface area contributed by atoms with E-state index in [0.29, 0.717) is 13.1 Å². The second-order valence-electron chi connectivity index (χ2n) is 5.01. The first-order valence-electron chi connectivity index (χ1n) is 7.24. The fraction of sp³-hybridized carbons (Fsp3) is 0.111. The van der Waals surface area contributed by atoms with Gasteiger partial charge < -0.3 is 9.97 Å². The zero-order chi connectivity index (χ0) is 15.0. The van der Waals surface area contributed by atoms with Gasteiger partial charge in [0.2, 0.25) is 0 Å². The molecule has 0 bridgehead atoms. The number of benzene rings is 1. The molecule has 3 rings (SSSR count). The highest BCUT2D eigenvalue weighted by Gasteiger charge is 1.95. The molecule has 1 aromatic carbocycles. The number of hydrogen-bond acceptors (Lipinski definition) is 2. The summed E-state index contributed by atoms with van der Waals surface area (Å²) in [6.45, 7) is 1.35. The van der Waals surface area contributed by atoms with Gasteiger partial charge in [0.1, 0.15) is 0 Å². The summed E-state index contributed by atoms with van der Waals surface area (Å²) < 4.78 is 0. The van der Waals surface area contributed by atoms with Crippen molar-refractivity contribution in [3.8, 4) is 0 Å². The summed E-state index contributed by atoms with van der Waals surface area (Å²) in [4.78, 5) is 15.1. The highest BCUT2D eigenvalue weighted by atomic mass is 14.8. The van der Waals surface area contributed by atoms with Crippen LogP contribution in [0.1, 0.15) is 22.5 Å². The molecule has 4 nitrogen and oxygen atoms in total. The molecule has 0 atom stereocenters. The lowest BCUT2D eigenvalue weighted by Crippen LogP contribution is -1.89. The molecule has 0 spiro atoms. The number of aromatic nitrogens is 2. The molecule has 3 aromatic rings. The van der Waals surface area contributed by atoms with Crippen molar-refractivity contribution in [3.05, 3.63) is 83.4 Å². The minimum atomic E-state index is 0.674. The van der Waals surface area contributed by atoms with Crippen molar-refractivity contribution in [2.75, 3.05) is 0 Å². The van der Waals surface area contributed by atoms with Gasteiger partial charge in [0.15, 0.2) is 0 Å². The molecule has 0 saturated heterocycles. The molecule has 0 aliphatic rings. The van der Waals surface area contributed by atoms with Gasteiger partial charge in [0.25, 0.3) is 0 Å². The van der Waals surface area contributed by atoms with Crippen molar-refractivity contribution < 1.29 is 0 Å². The van der Waals surface area contributed by atoms with Crippen LogP contribution < -0.4 is 0 Å². The third-order valence-corrected chi connectivity index (χ3v) is 3.24. The summed E-state index contributed by atoms with van der Waals surface area (Å²) in [7, 11) is 0. The molecule has 4 heteroatoms. The normalized spacial score (nSPS) is 11.6. The number of nitrogens with one attached hydrogen (secondary N) is 2. The van der Waals surface area contributed by atoms with Gasteiger partial charge in [0.05, 0.1) is 24.5 Å². The lowest BCUT2D eigenvalue weighted by atomic mass is 10.1. The third-order valence-electron chi connectivity index (χ3n) is 3.24. The topological polar surface area (TPSA) is 56.3 Å². The average molecular weight is 290 g/mol. The molecule has 0 amide bonds. The van der Waals surface area contributed by atoms with E-state index in [0.717, 1.165) is 11.4 Å². The van der Waals surface area contributed by atoms with Gasteiger partial charge in [-0.1, -0.05) is 24.3 Å². The number of aliphatic imine (C=N–C) groups is 2. The Bertz CT molecular complexity index is 676. The van der Waals surface area contributed by atoms with Crippen LogP contribution in [-0.4, -0.2) is 22.4 Å². The molecule has 0 saturated carbocycles. The Morgan fingerprint density at radius 2 is 1.27 bits per heavy atom. The lowest BCUT2D eigenvalue weighted by Gasteiger charge is -2.00. The van der Waals surface area contributed by atoms with Crippen LogP contribution in [0.4, 0.5) is 0 Å². The summed E-state index contributed by atoms with van der Waals surface area (Å²) in [5.74, 6) is 0. The van der Waals surface area contributed by atoms with Crippen molar-refractivity contribution in [2.45, 2.75) is 13.1 Å². The van der Waals surface area contributed by atoms with Crippen LogP contribution >= 0.6 is 0 Å². The van der Waals surface area contributed by atoms with E-state index in [4.69, 9.17) is 0 Å². The molecule has 22 heavy (non-hydrogen) atoms. The number of aromatic amines is 2. The van der Waals surface area contributed by atoms with Crippen LogP contribution in [0.2, 0.25) is 0 Å². The molecule has 0 fully saturated rings. The second-order valence-corrected chi connectivity index (χ2v) is 5.01. The number of nitrogens with zero attached hydrogens (tertiary/aromatic N) is 2. The predicted octanol–water partition coefficient (Wildman–Crippen LogP) is 3.58. The largest absolute Gasteiger partial charge is 0.360 e. The zero-order valence-electron chi connectivity index (χ0n) is 12.2. The van der Waals surface area contributed by atoms with E-state index in [2.05, 4.69) is 44.2 Å². The van der Waals surface area contributed by atoms with Crippen LogP contribution in [0.5, 0.6) is 0 Å². The summed E-state index contributed by atoms with van der Waals surface area (Å²) >= 11 is 0. The standard InChI is InChI=1S/C18H18N4/c1-4-15(11-19-13-17-6-2-8-21-17)10-16(5-1)12-20-14-18-7-3-9-22-18/h1-10,13-14,21-22H,11-12H2. The molecule has 110 valence electrons. The molecule has 0 unspecified atom stereocenters. The highest BCUT2D eigenvalue weighted by molar-refractivity contribution is 5.77. The van der Waals surface area contributed by atoms with Crippen molar-refractivity contribution in [1.82, 2.24) is 9.97 Å². The van der Waals surface area contributed by atoms with Gasteiger partial charge in [-0.25, -0.2) is 0 Å². The van der Waals surface area contributed by atoms with Crippen molar-refractivity contribution in [3.63, 3.8) is 0 Å². The Morgan fingerprint density at radius 1 is 0.727 bits per heavy atom. The van der Waals surface area contributed by atoms with Crippen LogP contribution in [0.3, 0.4) is 0 Å². The minimum Gasteiger partial charge on any atom is -0.360 e. The quantitative estimate of drug-likeness (QED) is 0.652. The Morgan fingerprint density at radius 3 is 1.73 bits per heavy atom. The molecular formula is C18H18N4. The number of H-pyrrole nitrogens is 2. The maximum absolute atomic E-state index is 4.45. The van der Waals surface area contributed by atoms with Crippen molar-refractivity contribution in [2.24, 2.45) is 9.98 Å². The Kier molecular flexibility index (Phi) is 4.62. The van der Waals surface area contributed by atoms with E-state index in [1.54, 1.807) is 0 Å². The van der Waals surface area contributed by atoms with Gasteiger partial charge >= 0.3 is 0 Å². The summed E-state index contributed by atoms with van der Waals surface area (Å²) in [6.07, 6.45) is 7.50. The fourth-order valence-electron chi connectivity index (χ4n) is 2.17. The van der Waals surface area contributed by atoms with Gasteiger partial charge in [-0.05, 0) is 35.4 Å². The van der Waals surface area contributed by atoms with Crippen LogP contribution in [0, 0.1) is 0 Å². The van der Waals surface area contributed by atoms with Crippen molar-refractivity contribution in [1.29, 1.82) is 0 Å². The van der Waals surface area contributed by atoms with E-state index in [1.165, 1.54) is 11.1 Å². The Hall–Kier alpha value is -2.88. The Labute approximate surface area is 129 Å². The van der Waals surface area contributed by atoms with Crippen LogP contribution in [0.15, 0.2) is 70.9 Å². The maximum atomic E-state index is 4.45. The summed E-state index contributed by atoms with van der Waals surface area (Å²) in [5.41, 5.74) is 4.42. The zero-order valence-corrected chi connectivity index (χ0v) is 12.2. The van der Waals surface area contributed by atoms with E-state index >= 15 is 0 Å². The Balaban J connectivity index is 1.57. The molecule has 0 radical (unpaired) electrons. The molecule has 2 N–H and O–H groups in total. The highest BCUT2D eigenvalue weighted by Crippen LogP contribution is 2.08. The van der Waals surface area contributed by atoms with E-state index in [1.807, 2.05) is 49.1 Å². The van der Waals surface area contributed by atoms with E-state index < -0.39 is 0 Å². The fourth-order valence-corrected chi connectivity index (χ4v) is 2.17. The molecule has 2 aromatic heterocycles. The van der Waals surface area contributed by atoms with Gasteiger partial charge in [-0.15, -0.1) is 0 Å². The van der Waals surface area contributed by atoms with Crippen LogP contribution in [-0.2, 0) is 13.1 Å². The molecule has 0 aliphatic carbocycles. The lowest BCUT2D eigenvalue weighted by molar-refractivity contribution is 1.03. The minimum absolute atomic E-state index is 0.674. The van der Waals surface area contributed by atoms with Gasteiger partial charge in [-0.3, -0.25) is 9.98 Å². The SMILES string of the molecule is C(=NCc1cccc(CN=Cc2ccc[nH]2)c1)c1ccc[nH]1. The van der Waals surface area contributed by atoms with Crippen LogP contribution in [0.25, 0.3) is 0 Å². The maximum Gasteiger partial charge on any atom is 0.0640 e. The first kappa shape index (κ1) is 14.1. The van der Waals surface area contributed by atoms with Gasteiger partial charge in [-0.2, -0.15) is 0 Å². The van der Waals surface area contributed by atoms with Gasteiger partial charge in [0, 0.05) is 24.8 Å². The number of rotatable bonds is 6. The second kappa shape index (κ2) is 7.22. The first-order chi connectivity index (χ1) is 10.9. The molecular weight excluding hydrogens is 272 g/mol. The smallest absolute Gasteiger partial charge is 0.0640 e. The number of hydrogen-bond donors (Lipinski definition) is 2. The first-order valence-corrected chi connectivity index (χ1v) is 7.24.